The van der Waals surface area contributed by atoms with E-state index in [1.54, 1.807) is 0 Å². The van der Waals surface area contributed by atoms with E-state index < -0.39 is 0 Å². The van der Waals surface area contributed by atoms with Crippen molar-refractivity contribution in [2.75, 3.05) is 0 Å². The molecule has 0 heterocycles. The van der Waals surface area contributed by atoms with E-state index in [1.165, 1.54) is 103 Å². The van der Waals surface area contributed by atoms with Crippen LogP contribution in [0.15, 0.2) is 0 Å². The number of nitrogens with two attached hydrogens (primary N) is 2. The summed E-state index contributed by atoms with van der Waals surface area (Å²) in [5.74, 6) is 0. The first-order valence-corrected chi connectivity index (χ1v) is 10.2. The Kier molecular flexibility index (Phi) is 11.2. The van der Waals surface area contributed by atoms with Crippen molar-refractivity contribution in [2.45, 2.75) is 128 Å². The fraction of sp³-hybridized carbons (Fsp3) is 1.00. The van der Waals surface area contributed by atoms with Crippen molar-refractivity contribution in [1.82, 2.24) is 0 Å². The predicted octanol–water partition coefficient (Wildman–Crippen LogP) is 5.68. The summed E-state index contributed by atoms with van der Waals surface area (Å²) in [5.41, 5.74) is 12.3. The molecule has 0 atom stereocenters. The molecule has 2 aliphatic rings. The van der Waals surface area contributed by atoms with Gasteiger partial charge in [-0.15, -0.1) is 0 Å². The molecule has 2 nitrogen and oxygen atoms in total. The molecule has 0 spiro atoms. The van der Waals surface area contributed by atoms with E-state index in [0.717, 1.165) is 6.42 Å². The zero-order valence-corrected chi connectivity index (χ0v) is 15.3. The van der Waals surface area contributed by atoms with Gasteiger partial charge in [-0.3, -0.25) is 0 Å². The van der Waals surface area contributed by atoms with Crippen LogP contribution in [0.2, 0.25) is 0 Å². The molecular formula is C20H42N2. The normalized spacial score (nSPS) is 25.2. The van der Waals surface area contributed by atoms with Crippen LogP contribution in [0.4, 0.5) is 0 Å². The zero-order valence-electron chi connectivity index (χ0n) is 15.3. The topological polar surface area (TPSA) is 52.0 Å². The highest BCUT2D eigenvalue weighted by atomic mass is 14.7. The molecule has 2 rings (SSSR count). The molecule has 0 amide bonds. The minimum atomic E-state index is 0.220. The summed E-state index contributed by atoms with van der Waals surface area (Å²) in [4.78, 5) is 0. The van der Waals surface area contributed by atoms with Crippen LogP contribution in [0.25, 0.3) is 0 Å². The lowest BCUT2D eigenvalue weighted by Crippen LogP contribution is -2.40. The summed E-state index contributed by atoms with van der Waals surface area (Å²) in [7, 11) is 0. The molecule has 132 valence electrons. The van der Waals surface area contributed by atoms with Gasteiger partial charge in [-0.2, -0.15) is 0 Å². The van der Waals surface area contributed by atoms with E-state index in [0.29, 0.717) is 6.04 Å². The van der Waals surface area contributed by atoms with Crippen molar-refractivity contribution < 1.29 is 0 Å². The molecule has 0 aromatic rings. The Bertz CT molecular complexity index is 234. The van der Waals surface area contributed by atoms with E-state index in [2.05, 4.69) is 6.92 Å². The molecular weight excluding hydrogens is 268 g/mol. The van der Waals surface area contributed by atoms with Crippen LogP contribution in [0.3, 0.4) is 0 Å². The second-order valence-electron chi connectivity index (χ2n) is 7.80. The standard InChI is InChI=1S/C12H25N.C8H17N/c13-12-10-8-6-4-2-1-3-5-7-9-11-12;1-2-8(9)6-4-3-5-7-8/h12H,1-11,13H2;2-7,9H2,1H3. The molecule has 0 saturated heterocycles. The predicted molar refractivity (Wildman–Crippen MR) is 99.1 cm³/mol. The summed E-state index contributed by atoms with van der Waals surface area (Å²) in [5, 5.41) is 0. The number of rotatable bonds is 1. The first kappa shape index (κ1) is 20.0. The summed E-state index contributed by atoms with van der Waals surface area (Å²) in [6.45, 7) is 2.20. The van der Waals surface area contributed by atoms with Crippen molar-refractivity contribution >= 4 is 0 Å². The maximum Gasteiger partial charge on any atom is 0.0151 e. The molecule has 0 unspecified atom stereocenters. The van der Waals surface area contributed by atoms with E-state index in [1.807, 2.05) is 0 Å². The Morgan fingerprint density at radius 3 is 1.41 bits per heavy atom. The van der Waals surface area contributed by atoms with Crippen molar-refractivity contribution in [3.05, 3.63) is 0 Å². The minimum Gasteiger partial charge on any atom is -0.328 e. The van der Waals surface area contributed by atoms with Crippen molar-refractivity contribution in [3.8, 4) is 0 Å². The fourth-order valence-corrected chi connectivity index (χ4v) is 3.80. The van der Waals surface area contributed by atoms with Crippen molar-refractivity contribution in [2.24, 2.45) is 11.5 Å². The van der Waals surface area contributed by atoms with Gasteiger partial charge in [0, 0.05) is 11.6 Å². The number of hydrogen-bond acceptors (Lipinski definition) is 2. The van der Waals surface area contributed by atoms with E-state index in [4.69, 9.17) is 11.5 Å². The summed E-state index contributed by atoms with van der Waals surface area (Å²) in [6.07, 6.45) is 23.1. The Labute approximate surface area is 139 Å². The van der Waals surface area contributed by atoms with Crippen LogP contribution in [0, 0.1) is 0 Å². The average Bonchev–Trinajstić information content (AvgIpc) is 2.52. The second kappa shape index (κ2) is 12.4. The van der Waals surface area contributed by atoms with Crippen LogP contribution >= 0.6 is 0 Å². The van der Waals surface area contributed by atoms with Gasteiger partial charge in [-0.25, -0.2) is 0 Å². The monoisotopic (exact) mass is 310 g/mol. The van der Waals surface area contributed by atoms with Gasteiger partial charge in [0.2, 0.25) is 0 Å². The molecule has 2 saturated carbocycles. The molecule has 22 heavy (non-hydrogen) atoms. The molecule has 0 aliphatic heterocycles. The van der Waals surface area contributed by atoms with E-state index >= 15 is 0 Å². The van der Waals surface area contributed by atoms with Gasteiger partial charge in [0.15, 0.2) is 0 Å². The highest BCUT2D eigenvalue weighted by Gasteiger charge is 2.24. The fourth-order valence-electron chi connectivity index (χ4n) is 3.80. The molecule has 2 aliphatic carbocycles. The maximum atomic E-state index is 6.06. The Hall–Kier alpha value is -0.0800. The average molecular weight is 311 g/mol. The first-order chi connectivity index (χ1) is 10.7. The van der Waals surface area contributed by atoms with Gasteiger partial charge in [0.1, 0.15) is 0 Å². The molecule has 4 N–H and O–H groups in total. The molecule has 0 radical (unpaired) electrons. The Morgan fingerprint density at radius 1 is 0.682 bits per heavy atom. The van der Waals surface area contributed by atoms with Gasteiger partial charge < -0.3 is 11.5 Å². The SMILES string of the molecule is CCC1(N)CCCCC1.NC1CCCCCCCCCCC1. The molecule has 2 heteroatoms. The third-order valence-electron chi connectivity index (χ3n) is 5.70. The van der Waals surface area contributed by atoms with Crippen LogP contribution < -0.4 is 11.5 Å². The maximum absolute atomic E-state index is 6.06. The van der Waals surface area contributed by atoms with Gasteiger partial charge in [-0.1, -0.05) is 84.0 Å². The zero-order chi connectivity index (χ0) is 16.1. The molecule has 2 fully saturated rings. The smallest absolute Gasteiger partial charge is 0.0151 e. The van der Waals surface area contributed by atoms with Crippen molar-refractivity contribution in [3.63, 3.8) is 0 Å². The van der Waals surface area contributed by atoms with Crippen molar-refractivity contribution in [1.29, 1.82) is 0 Å². The summed E-state index contributed by atoms with van der Waals surface area (Å²) >= 11 is 0. The largest absolute Gasteiger partial charge is 0.328 e. The number of hydrogen-bond donors (Lipinski definition) is 2. The lowest BCUT2D eigenvalue weighted by molar-refractivity contribution is 0.287. The highest BCUT2D eigenvalue weighted by molar-refractivity contribution is 4.85. The Balaban J connectivity index is 0.000000235. The summed E-state index contributed by atoms with van der Waals surface area (Å²) < 4.78 is 0. The lowest BCUT2D eigenvalue weighted by atomic mass is 9.81. The minimum absolute atomic E-state index is 0.220. The highest BCUT2D eigenvalue weighted by Crippen LogP contribution is 2.27. The second-order valence-corrected chi connectivity index (χ2v) is 7.80. The van der Waals surface area contributed by atoms with Crippen LogP contribution in [0.1, 0.15) is 116 Å². The van der Waals surface area contributed by atoms with Crippen LogP contribution in [0.5, 0.6) is 0 Å². The summed E-state index contributed by atoms with van der Waals surface area (Å²) in [6, 6.07) is 0.499. The first-order valence-electron chi connectivity index (χ1n) is 10.2. The molecule has 0 aromatic heterocycles. The van der Waals surface area contributed by atoms with Gasteiger partial charge in [0.25, 0.3) is 0 Å². The van der Waals surface area contributed by atoms with E-state index in [9.17, 15) is 0 Å². The lowest BCUT2D eigenvalue weighted by Gasteiger charge is -2.32. The quantitative estimate of drug-likeness (QED) is 0.655. The van der Waals surface area contributed by atoms with Crippen LogP contribution in [-0.2, 0) is 0 Å². The van der Waals surface area contributed by atoms with Gasteiger partial charge in [0.05, 0.1) is 0 Å². The van der Waals surface area contributed by atoms with E-state index in [-0.39, 0.29) is 5.54 Å². The molecule has 0 bridgehead atoms. The van der Waals surface area contributed by atoms with Crippen LogP contribution in [-0.4, -0.2) is 11.6 Å². The Morgan fingerprint density at radius 2 is 1.05 bits per heavy atom. The van der Waals surface area contributed by atoms with Gasteiger partial charge >= 0.3 is 0 Å². The molecule has 0 aromatic carbocycles. The third kappa shape index (κ3) is 9.84. The third-order valence-corrected chi connectivity index (χ3v) is 5.70. The van der Waals surface area contributed by atoms with Gasteiger partial charge in [-0.05, 0) is 32.1 Å².